The molecule has 208 valence electrons. The van der Waals surface area contributed by atoms with E-state index in [1.165, 1.54) is 6.92 Å². The molecule has 6 rings (SSSR count). The standard InChI is InChI=1S/C31H31NO7S/c1-20-8-11-24(12-9-20)40(34,35)32-17-26(23-10-13-28-29(14-23)38-19-37-28)25-15-30(31(16-27(25)32)39-21(2)33)36-18-22-6-4-3-5-7-22/h3-15,26-27,30-31H,16-19H2,1-2H3/t26-,27-,30-,31-/m0/s1. The van der Waals surface area contributed by atoms with E-state index in [9.17, 15) is 13.2 Å². The number of esters is 1. The second-order valence-electron chi connectivity index (χ2n) is 10.4. The second kappa shape index (κ2) is 10.7. The van der Waals surface area contributed by atoms with Crippen molar-refractivity contribution < 1.29 is 32.2 Å². The zero-order valence-electron chi connectivity index (χ0n) is 22.4. The molecule has 0 unspecified atom stereocenters. The summed E-state index contributed by atoms with van der Waals surface area (Å²) in [7, 11) is -3.85. The van der Waals surface area contributed by atoms with Crippen LogP contribution in [0.5, 0.6) is 11.5 Å². The first-order valence-corrected chi connectivity index (χ1v) is 14.8. The monoisotopic (exact) mass is 561 g/mol. The number of nitrogens with zero attached hydrogens (tertiary/aromatic N) is 1. The average Bonchev–Trinajstić information content (AvgIpc) is 3.56. The molecule has 2 heterocycles. The molecule has 0 amide bonds. The molecule has 1 aliphatic carbocycles. The highest BCUT2D eigenvalue weighted by Gasteiger charge is 2.49. The lowest BCUT2D eigenvalue weighted by molar-refractivity contribution is -0.154. The third-order valence-electron chi connectivity index (χ3n) is 7.71. The first-order chi connectivity index (χ1) is 19.3. The van der Waals surface area contributed by atoms with Crippen molar-refractivity contribution in [2.45, 2.75) is 55.9 Å². The first-order valence-electron chi connectivity index (χ1n) is 13.3. The molecular formula is C31H31NO7S. The number of rotatable bonds is 7. The van der Waals surface area contributed by atoms with Gasteiger partial charge in [-0.2, -0.15) is 4.31 Å². The van der Waals surface area contributed by atoms with Gasteiger partial charge < -0.3 is 18.9 Å². The summed E-state index contributed by atoms with van der Waals surface area (Å²) in [6.07, 6.45) is 1.08. The van der Waals surface area contributed by atoms with E-state index in [1.807, 2.05) is 61.5 Å². The van der Waals surface area contributed by atoms with Gasteiger partial charge >= 0.3 is 5.97 Å². The molecule has 0 aromatic heterocycles. The number of carbonyl (C=O) groups is 1. The predicted molar refractivity (Wildman–Crippen MR) is 147 cm³/mol. The second-order valence-corrected chi connectivity index (χ2v) is 12.3. The molecule has 3 aromatic rings. The highest BCUT2D eigenvalue weighted by molar-refractivity contribution is 7.89. The summed E-state index contributed by atoms with van der Waals surface area (Å²) in [6.45, 7) is 4.01. The summed E-state index contributed by atoms with van der Waals surface area (Å²) >= 11 is 0. The van der Waals surface area contributed by atoms with Gasteiger partial charge in [-0.15, -0.1) is 0 Å². The molecule has 1 fully saturated rings. The van der Waals surface area contributed by atoms with Gasteiger partial charge in [-0.1, -0.05) is 60.2 Å². The molecule has 0 radical (unpaired) electrons. The predicted octanol–water partition coefficient (Wildman–Crippen LogP) is 4.73. The van der Waals surface area contributed by atoms with Gasteiger partial charge in [-0.25, -0.2) is 8.42 Å². The van der Waals surface area contributed by atoms with Crippen LogP contribution in [0.4, 0.5) is 0 Å². The number of hydrogen-bond acceptors (Lipinski definition) is 7. The van der Waals surface area contributed by atoms with Crippen LogP contribution in [0, 0.1) is 6.92 Å². The van der Waals surface area contributed by atoms with Crippen LogP contribution in [0.1, 0.15) is 36.0 Å². The van der Waals surface area contributed by atoms with Crippen molar-refractivity contribution in [2.24, 2.45) is 0 Å². The Morgan fingerprint density at radius 2 is 1.75 bits per heavy atom. The Bertz CT molecular complexity index is 1540. The van der Waals surface area contributed by atoms with Crippen molar-refractivity contribution >= 4 is 16.0 Å². The van der Waals surface area contributed by atoms with E-state index < -0.39 is 34.2 Å². The van der Waals surface area contributed by atoms with E-state index >= 15 is 0 Å². The normalized spacial score (nSPS) is 23.9. The first kappa shape index (κ1) is 26.6. The number of carbonyl (C=O) groups excluding carboxylic acids is 1. The Balaban J connectivity index is 1.40. The highest BCUT2D eigenvalue weighted by Crippen LogP contribution is 2.47. The maximum absolute atomic E-state index is 14.0. The lowest BCUT2D eigenvalue weighted by atomic mass is 9.83. The molecule has 0 N–H and O–H groups in total. The van der Waals surface area contributed by atoms with Crippen molar-refractivity contribution in [3.8, 4) is 11.5 Å². The SMILES string of the molecule is CC(=O)O[C@H]1C[C@H]2C(=C[C@@H]1OCc1ccccc1)[C@H](c1ccc3c(c1)OCO3)CN2S(=O)(=O)c1ccc(C)cc1. The van der Waals surface area contributed by atoms with Crippen molar-refractivity contribution in [3.05, 3.63) is 101 Å². The Kier molecular flexibility index (Phi) is 7.12. The molecule has 40 heavy (non-hydrogen) atoms. The number of ether oxygens (including phenoxy) is 4. The molecule has 3 aliphatic rings. The van der Waals surface area contributed by atoms with Gasteiger partial charge in [0.1, 0.15) is 12.2 Å². The third-order valence-corrected chi connectivity index (χ3v) is 9.59. The van der Waals surface area contributed by atoms with Gasteiger partial charge in [0, 0.05) is 25.8 Å². The minimum absolute atomic E-state index is 0.155. The van der Waals surface area contributed by atoms with Crippen LogP contribution in [0.25, 0.3) is 0 Å². The maximum Gasteiger partial charge on any atom is 0.303 e. The van der Waals surface area contributed by atoms with Crippen molar-refractivity contribution in [2.75, 3.05) is 13.3 Å². The number of hydrogen-bond donors (Lipinski definition) is 0. The lowest BCUT2D eigenvalue weighted by Crippen LogP contribution is -2.45. The maximum atomic E-state index is 14.0. The van der Waals surface area contributed by atoms with Crippen molar-refractivity contribution in [1.29, 1.82) is 0 Å². The molecule has 0 spiro atoms. The number of benzene rings is 3. The largest absolute Gasteiger partial charge is 0.459 e. The fourth-order valence-electron chi connectivity index (χ4n) is 5.73. The Morgan fingerprint density at radius 3 is 2.50 bits per heavy atom. The minimum atomic E-state index is -3.85. The number of sulfonamides is 1. The molecule has 3 aromatic carbocycles. The summed E-state index contributed by atoms with van der Waals surface area (Å²) in [5.41, 5.74) is 3.82. The number of fused-ring (bicyclic) bond motifs is 2. The smallest absolute Gasteiger partial charge is 0.303 e. The van der Waals surface area contributed by atoms with E-state index in [-0.39, 0.29) is 30.6 Å². The summed E-state index contributed by atoms with van der Waals surface area (Å²) < 4.78 is 52.7. The van der Waals surface area contributed by atoms with E-state index in [2.05, 4.69) is 0 Å². The quantitative estimate of drug-likeness (QED) is 0.304. The van der Waals surface area contributed by atoms with Crippen molar-refractivity contribution in [3.63, 3.8) is 0 Å². The topological polar surface area (TPSA) is 91.4 Å². The Morgan fingerprint density at radius 1 is 1.00 bits per heavy atom. The average molecular weight is 562 g/mol. The van der Waals surface area contributed by atoms with E-state index in [0.29, 0.717) is 18.1 Å². The van der Waals surface area contributed by atoms with Gasteiger partial charge in [0.05, 0.1) is 17.5 Å². The van der Waals surface area contributed by atoms with Gasteiger partial charge in [0.15, 0.2) is 11.5 Å². The van der Waals surface area contributed by atoms with Crippen molar-refractivity contribution in [1.82, 2.24) is 4.31 Å². The third kappa shape index (κ3) is 5.12. The fourth-order valence-corrected chi connectivity index (χ4v) is 7.37. The van der Waals surface area contributed by atoms with Gasteiger partial charge in [-0.05, 0) is 47.9 Å². The van der Waals surface area contributed by atoms with Gasteiger partial charge in [0.2, 0.25) is 16.8 Å². The van der Waals surface area contributed by atoms with Crippen LogP contribution in [0.2, 0.25) is 0 Å². The summed E-state index contributed by atoms with van der Waals surface area (Å²) in [4.78, 5) is 12.3. The summed E-state index contributed by atoms with van der Waals surface area (Å²) in [5, 5.41) is 0. The lowest BCUT2D eigenvalue weighted by Gasteiger charge is -2.35. The van der Waals surface area contributed by atoms with Crippen LogP contribution in [-0.4, -0.2) is 50.3 Å². The summed E-state index contributed by atoms with van der Waals surface area (Å²) in [6, 6.07) is 21.9. The molecule has 1 saturated heterocycles. The molecule has 0 saturated carbocycles. The molecule has 0 bridgehead atoms. The number of aryl methyl sites for hydroxylation is 1. The van der Waals surface area contributed by atoms with Gasteiger partial charge in [0.25, 0.3) is 0 Å². The van der Waals surface area contributed by atoms with Crippen LogP contribution in [0.3, 0.4) is 0 Å². The molecule has 4 atom stereocenters. The Hall–Kier alpha value is -3.66. The van der Waals surface area contributed by atoms with E-state index in [1.54, 1.807) is 28.6 Å². The van der Waals surface area contributed by atoms with Crippen LogP contribution >= 0.6 is 0 Å². The molecule has 9 heteroatoms. The van der Waals surface area contributed by atoms with E-state index in [0.717, 1.165) is 22.3 Å². The highest BCUT2D eigenvalue weighted by atomic mass is 32.2. The van der Waals surface area contributed by atoms with Crippen LogP contribution in [-0.2, 0) is 30.9 Å². The fraction of sp³-hybridized carbons (Fsp3) is 0.323. The van der Waals surface area contributed by atoms with Gasteiger partial charge in [-0.3, -0.25) is 4.79 Å². The summed E-state index contributed by atoms with van der Waals surface area (Å²) in [5.74, 6) is 0.633. The molecule has 8 nitrogen and oxygen atoms in total. The molecule has 2 aliphatic heterocycles. The minimum Gasteiger partial charge on any atom is -0.459 e. The van der Waals surface area contributed by atoms with E-state index in [4.69, 9.17) is 18.9 Å². The zero-order valence-corrected chi connectivity index (χ0v) is 23.2. The molecular weight excluding hydrogens is 530 g/mol. The Labute approximate surface area is 234 Å². The van der Waals surface area contributed by atoms with Crippen LogP contribution in [0.15, 0.2) is 89.3 Å². The zero-order chi connectivity index (χ0) is 27.9. The van der Waals surface area contributed by atoms with Crippen LogP contribution < -0.4 is 9.47 Å².